The summed E-state index contributed by atoms with van der Waals surface area (Å²) in [6.07, 6.45) is 6.90. The fourth-order valence-electron chi connectivity index (χ4n) is 3.79. The molecule has 7 nitrogen and oxygen atoms in total. The average molecular weight is 350 g/mol. The SMILES string of the molecule is c1cc2c(-c3cc[nH]c3)cc(N3CCOCC3)nc2c(C2CCNN2)n1. The lowest BCUT2D eigenvalue weighted by atomic mass is 10.0. The Kier molecular flexibility index (Phi) is 4.05. The molecule has 134 valence electrons. The van der Waals surface area contributed by atoms with Crippen molar-refractivity contribution in [1.29, 1.82) is 0 Å². The standard InChI is InChI=1S/C19H22N6O/c1-4-20-12-13(1)15-11-17(25-7-9-26-10-8-25)23-18-14(15)2-5-21-19(18)16-3-6-22-24-16/h1-2,4-5,11-12,16,20,22,24H,3,6-10H2. The average Bonchev–Trinajstić information content (AvgIpc) is 3.41. The van der Waals surface area contributed by atoms with E-state index in [0.717, 1.165) is 61.7 Å². The van der Waals surface area contributed by atoms with Gasteiger partial charge in [-0.3, -0.25) is 10.4 Å². The lowest BCUT2D eigenvalue weighted by Gasteiger charge is -2.28. The lowest BCUT2D eigenvalue weighted by molar-refractivity contribution is 0.122. The molecule has 0 bridgehead atoms. The number of rotatable bonds is 3. The number of H-pyrrole nitrogens is 1. The van der Waals surface area contributed by atoms with Crippen molar-refractivity contribution in [2.24, 2.45) is 0 Å². The zero-order valence-electron chi connectivity index (χ0n) is 14.5. The monoisotopic (exact) mass is 350 g/mol. The highest BCUT2D eigenvalue weighted by Gasteiger charge is 2.23. The number of hydrazine groups is 1. The van der Waals surface area contributed by atoms with Crippen LogP contribution in [0.3, 0.4) is 0 Å². The van der Waals surface area contributed by atoms with Crippen molar-refractivity contribution in [3.8, 4) is 11.1 Å². The Balaban J connectivity index is 1.71. The summed E-state index contributed by atoms with van der Waals surface area (Å²) in [6, 6.07) is 6.55. The van der Waals surface area contributed by atoms with E-state index in [9.17, 15) is 0 Å². The van der Waals surface area contributed by atoms with Crippen LogP contribution in [-0.2, 0) is 4.74 Å². The number of hydrogen-bond acceptors (Lipinski definition) is 6. The first-order chi connectivity index (χ1) is 12.9. The van der Waals surface area contributed by atoms with Crippen molar-refractivity contribution >= 4 is 16.7 Å². The quantitative estimate of drug-likeness (QED) is 0.671. The van der Waals surface area contributed by atoms with Gasteiger partial charge in [0.25, 0.3) is 0 Å². The van der Waals surface area contributed by atoms with Gasteiger partial charge < -0.3 is 14.6 Å². The second kappa shape index (κ2) is 6.68. The zero-order chi connectivity index (χ0) is 17.3. The second-order valence-corrected chi connectivity index (χ2v) is 6.73. The van der Waals surface area contributed by atoms with Crippen molar-refractivity contribution in [2.45, 2.75) is 12.5 Å². The van der Waals surface area contributed by atoms with E-state index in [4.69, 9.17) is 9.72 Å². The normalized spacial score (nSPS) is 20.8. The molecule has 0 amide bonds. The van der Waals surface area contributed by atoms with E-state index in [1.807, 2.05) is 18.6 Å². The van der Waals surface area contributed by atoms with Crippen molar-refractivity contribution < 1.29 is 4.74 Å². The minimum Gasteiger partial charge on any atom is -0.378 e. The molecule has 0 aliphatic carbocycles. The zero-order valence-corrected chi connectivity index (χ0v) is 14.5. The number of nitrogens with zero attached hydrogens (tertiary/aromatic N) is 3. The molecule has 1 unspecified atom stereocenters. The maximum Gasteiger partial charge on any atom is 0.130 e. The number of nitrogens with one attached hydrogen (secondary N) is 3. The van der Waals surface area contributed by atoms with Crippen LogP contribution in [-0.4, -0.2) is 47.8 Å². The van der Waals surface area contributed by atoms with Gasteiger partial charge in [0.2, 0.25) is 0 Å². The van der Waals surface area contributed by atoms with Crippen molar-refractivity contribution in [2.75, 3.05) is 37.7 Å². The molecule has 7 heteroatoms. The van der Waals surface area contributed by atoms with E-state index in [0.29, 0.717) is 0 Å². The van der Waals surface area contributed by atoms with Gasteiger partial charge in [0.15, 0.2) is 0 Å². The summed E-state index contributed by atoms with van der Waals surface area (Å²) >= 11 is 0. The maximum absolute atomic E-state index is 5.51. The molecular formula is C19H22N6O. The van der Waals surface area contributed by atoms with Crippen molar-refractivity contribution in [3.63, 3.8) is 0 Å². The van der Waals surface area contributed by atoms with E-state index in [1.165, 1.54) is 11.1 Å². The van der Waals surface area contributed by atoms with Gasteiger partial charge in [0, 0.05) is 43.6 Å². The van der Waals surface area contributed by atoms with Gasteiger partial charge in [-0.15, -0.1) is 0 Å². The number of morpholine rings is 1. The molecule has 2 aliphatic heterocycles. The number of aromatic nitrogens is 3. The van der Waals surface area contributed by atoms with Crippen LogP contribution in [0.5, 0.6) is 0 Å². The fourth-order valence-corrected chi connectivity index (χ4v) is 3.79. The van der Waals surface area contributed by atoms with Crippen LogP contribution in [0.25, 0.3) is 22.0 Å². The number of pyridine rings is 2. The summed E-state index contributed by atoms with van der Waals surface area (Å²) in [5.41, 5.74) is 10.9. The molecule has 3 aromatic heterocycles. The van der Waals surface area contributed by atoms with E-state index < -0.39 is 0 Å². The third-order valence-electron chi connectivity index (χ3n) is 5.15. The first-order valence-electron chi connectivity index (χ1n) is 9.14. The molecule has 0 saturated carbocycles. The molecule has 2 saturated heterocycles. The van der Waals surface area contributed by atoms with Gasteiger partial charge in [0.05, 0.1) is 30.5 Å². The van der Waals surface area contributed by atoms with Crippen LogP contribution >= 0.6 is 0 Å². The van der Waals surface area contributed by atoms with Crippen molar-refractivity contribution in [1.82, 2.24) is 25.8 Å². The van der Waals surface area contributed by atoms with Gasteiger partial charge >= 0.3 is 0 Å². The van der Waals surface area contributed by atoms with Crippen LogP contribution in [0.4, 0.5) is 5.82 Å². The number of aromatic amines is 1. The topological polar surface area (TPSA) is 78.1 Å². The first-order valence-corrected chi connectivity index (χ1v) is 9.14. The molecule has 5 heterocycles. The number of fused-ring (bicyclic) bond motifs is 1. The Morgan fingerprint density at radius 1 is 1.19 bits per heavy atom. The highest BCUT2D eigenvalue weighted by atomic mass is 16.5. The largest absolute Gasteiger partial charge is 0.378 e. The molecule has 2 fully saturated rings. The summed E-state index contributed by atoms with van der Waals surface area (Å²) in [6.45, 7) is 4.16. The molecular weight excluding hydrogens is 328 g/mol. The van der Waals surface area contributed by atoms with E-state index in [1.54, 1.807) is 0 Å². The minimum atomic E-state index is 0.185. The molecule has 0 radical (unpaired) electrons. The molecule has 0 aromatic carbocycles. The van der Waals surface area contributed by atoms with Crippen LogP contribution in [0, 0.1) is 0 Å². The summed E-state index contributed by atoms with van der Waals surface area (Å²) in [7, 11) is 0. The van der Waals surface area contributed by atoms with E-state index >= 15 is 0 Å². The summed E-state index contributed by atoms with van der Waals surface area (Å²) in [5, 5.41) is 1.14. The molecule has 5 rings (SSSR count). The van der Waals surface area contributed by atoms with Gasteiger partial charge in [0.1, 0.15) is 5.82 Å². The summed E-state index contributed by atoms with van der Waals surface area (Å²) in [4.78, 5) is 15.2. The first kappa shape index (κ1) is 15.7. The van der Waals surface area contributed by atoms with Gasteiger partial charge in [-0.25, -0.2) is 10.4 Å². The molecule has 2 aliphatic rings. The Bertz CT molecular complexity index is 898. The third kappa shape index (κ3) is 2.74. The fraction of sp³-hybridized carbons (Fsp3) is 0.368. The number of hydrogen-bond donors (Lipinski definition) is 3. The van der Waals surface area contributed by atoms with Gasteiger partial charge in [-0.1, -0.05) is 0 Å². The van der Waals surface area contributed by atoms with Crippen molar-refractivity contribution in [3.05, 3.63) is 42.5 Å². The predicted octanol–water partition coefficient (Wildman–Crippen LogP) is 2.00. The van der Waals surface area contributed by atoms with E-state index in [-0.39, 0.29) is 6.04 Å². The Morgan fingerprint density at radius 2 is 2.12 bits per heavy atom. The van der Waals surface area contributed by atoms with Gasteiger partial charge in [-0.05, 0) is 35.7 Å². The molecule has 3 aromatic rings. The Morgan fingerprint density at radius 3 is 2.88 bits per heavy atom. The molecule has 0 spiro atoms. The molecule has 1 atom stereocenters. The molecule has 3 N–H and O–H groups in total. The Hall–Kier alpha value is -2.48. The highest BCUT2D eigenvalue weighted by molar-refractivity contribution is 5.97. The third-order valence-corrected chi connectivity index (χ3v) is 5.15. The highest BCUT2D eigenvalue weighted by Crippen LogP contribution is 2.34. The molecule has 26 heavy (non-hydrogen) atoms. The second-order valence-electron chi connectivity index (χ2n) is 6.73. The van der Waals surface area contributed by atoms with Crippen LogP contribution < -0.4 is 15.8 Å². The Labute approximate surface area is 151 Å². The number of anilines is 1. The van der Waals surface area contributed by atoms with Crippen LogP contribution in [0.15, 0.2) is 36.8 Å². The number of ether oxygens (including phenoxy) is 1. The summed E-state index contributed by atoms with van der Waals surface area (Å²) in [5.74, 6) is 0.997. The maximum atomic E-state index is 5.51. The minimum absolute atomic E-state index is 0.185. The predicted molar refractivity (Wildman–Crippen MR) is 101 cm³/mol. The van der Waals surface area contributed by atoms with Crippen LogP contribution in [0.2, 0.25) is 0 Å². The summed E-state index contributed by atoms with van der Waals surface area (Å²) < 4.78 is 5.51. The van der Waals surface area contributed by atoms with Crippen LogP contribution in [0.1, 0.15) is 18.2 Å². The smallest absolute Gasteiger partial charge is 0.130 e. The van der Waals surface area contributed by atoms with E-state index in [2.05, 4.69) is 43.9 Å². The lowest BCUT2D eigenvalue weighted by Crippen LogP contribution is -2.36. The van der Waals surface area contributed by atoms with Gasteiger partial charge in [-0.2, -0.15) is 0 Å².